The molecule has 0 amide bonds. The van der Waals surface area contributed by atoms with E-state index >= 15 is 0 Å². The van der Waals surface area contributed by atoms with Gasteiger partial charge < -0.3 is 10.5 Å². The first-order valence-corrected chi connectivity index (χ1v) is 7.75. The van der Waals surface area contributed by atoms with Crippen LogP contribution in [-0.4, -0.2) is 24.9 Å². The number of hydrogen-bond acceptors (Lipinski definition) is 3. The molecule has 3 nitrogen and oxygen atoms in total. The Morgan fingerprint density at radius 3 is 2.17 bits per heavy atom. The van der Waals surface area contributed by atoms with Crippen molar-refractivity contribution in [2.75, 3.05) is 7.11 Å². The number of carbonyl (C=O) groups excluding carboxylic acids is 1. The summed E-state index contributed by atoms with van der Waals surface area (Å²) in [4.78, 5) is 12.1. The Hall–Kier alpha value is -2.11. The topological polar surface area (TPSA) is 52.3 Å². The predicted octanol–water partition coefficient (Wildman–Crippen LogP) is 3.54. The number of halogens is 2. The van der Waals surface area contributed by atoms with Crippen LogP contribution in [0.1, 0.15) is 23.6 Å². The summed E-state index contributed by atoms with van der Waals surface area (Å²) < 4.78 is 34.0. The highest BCUT2D eigenvalue weighted by Gasteiger charge is 2.49. The van der Waals surface area contributed by atoms with E-state index in [0.717, 1.165) is 12.7 Å². The summed E-state index contributed by atoms with van der Waals surface area (Å²) in [6, 6.07) is 16.4. The summed E-state index contributed by atoms with van der Waals surface area (Å²) in [5.74, 6) is -4.82. The second-order valence-corrected chi connectivity index (χ2v) is 5.62. The normalized spacial score (nSPS) is 14.2. The average molecular weight is 333 g/mol. The third-order valence-electron chi connectivity index (χ3n) is 3.98. The molecule has 0 radical (unpaired) electrons. The van der Waals surface area contributed by atoms with E-state index in [9.17, 15) is 13.6 Å². The van der Waals surface area contributed by atoms with Gasteiger partial charge in [-0.2, -0.15) is 8.78 Å². The highest BCUT2D eigenvalue weighted by Crippen LogP contribution is 2.32. The first-order valence-electron chi connectivity index (χ1n) is 7.75. The second-order valence-electron chi connectivity index (χ2n) is 5.62. The Bertz CT molecular complexity index is 647. The Balaban J connectivity index is 2.09. The number of rotatable bonds is 8. The lowest BCUT2D eigenvalue weighted by Gasteiger charge is -2.29. The van der Waals surface area contributed by atoms with Gasteiger partial charge in [-0.25, -0.2) is 0 Å². The van der Waals surface area contributed by atoms with Crippen LogP contribution in [0.15, 0.2) is 60.7 Å². The maximum atomic E-state index is 14.6. The Kier molecular flexibility index (Phi) is 6.17. The minimum Gasteiger partial charge on any atom is -0.373 e. The molecule has 128 valence electrons. The first kappa shape index (κ1) is 18.2. The molecule has 0 aromatic heterocycles. The van der Waals surface area contributed by atoms with E-state index in [-0.39, 0.29) is 12.8 Å². The number of ketones is 1. The van der Waals surface area contributed by atoms with Crippen LogP contribution in [0.25, 0.3) is 0 Å². The van der Waals surface area contributed by atoms with Crippen molar-refractivity contribution < 1.29 is 18.3 Å². The van der Waals surface area contributed by atoms with Crippen molar-refractivity contribution in [1.29, 1.82) is 0 Å². The van der Waals surface area contributed by atoms with Crippen molar-refractivity contribution in [3.8, 4) is 0 Å². The van der Waals surface area contributed by atoms with E-state index in [0.29, 0.717) is 5.56 Å². The fraction of sp³-hybridized carbons (Fsp3) is 0.316. The molecule has 0 bridgehead atoms. The Morgan fingerprint density at radius 1 is 1.08 bits per heavy atom. The van der Waals surface area contributed by atoms with E-state index < -0.39 is 23.9 Å². The lowest BCUT2D eigenvalue weighted by molar-refractivity contribution is -0.168. The van der Waals surface area contributed by atoms with E-state index in [4.69, 9.17) is 10.5 Å². The van der Waals surface area contributed by atoms with Crippen molar-refractivity contribution in [2.45, 2.75) is 30.9 Å². The molecule has 0 saturated carbocycles. The number of benzene rings is 2. The van der Waals surface area contributed by atoms with Gasteiger partial charge in [0, 0.05) is 13.5 Å². The number of ether oxygens (including phenoxy) is 1. The van der Waals surface area contributed by atoms with Gasteiger partial charge in [-0.3, -0.25) is 4.79 Å². The molecule has 0 spiro atoms. The quantitative estimate of drug-likeness (QED) is 0.804. The van der Waals surface area contributed by atoms with Crippen LogP contribution in [-0.2, 0) is 16.0 Å². The van der Waals surface area contributed by atoms with Crippen molar-refractivity contribution in [3.05, 3.63) is 71.8 Å². The second kappa shape index (κ2) is 8.13. The van der Waals surface area contributed by atoms with Crippen LogP contribution < -0.4 is 5.73 Å². The van der Waals surface area contributed by atoms with Gasteiger partial charge in [0.05, 0.1) is 6.04 Å². The third kappa shape index (κ3) is 4.24. The monoisotopic (exact) mass is 333 g/mol. The maximum Gasteiger partial charge on any atom is 0.332 e. The van der Waals surface area contributed by atoms with E-state index in [1.807, 2.05) is 6.07 Å². The van der Waals surface area contributed by atoms with Crippen LogP contribution in [0, 0.1) is 0 Å². The SMILES string of the molecule is COC(C(N)c1ccccc1)C(F)(F)C(=O)CCc1ccccc1. The minimum absolute atomic E-state index is 0.256. The summed E-state index contributed by atoms with van der Waals surface area (Å²) in [6.07, 6.45) is -1.71. The highest BCUT2D eigenvalue weighted by atomic mass is 19.3. The zero-order valence-electron chi connectivity index (χ0n) is 13.5. The molecule has 0 aliphatic heterocycles. The fourth-order valence-corrected chi connectivity index (χ4v) is 2.60. The molecule has 0 aliphatic rings. The van der Waals surface area contributed by atoms with E-state index in [1.54, 1.807) is 54.6 Å². The first-order chi connectivity index (χ1) is 11.5. The Labute approximate surface area is 140 Å². The van der Waals surface area contributed by atoms with Crippen LogP contribution in [0.3, 0.4) is 0 Å². The smallest absolute Gasteiger partial charge is 0.332 e. The Morgan fingerprint density at radius 2 is 1.62 bits per heavy atom. The molecule has 2 rings (SSSR count). The third-order valence-corrected chi connectivity index (χ3v) is 3.98. The molecule has 2 N–H and O–H groups in total. The largest absolute Gasteiger partial charge is 0.373 e. The summed E-state index contributed by atoms with van der Waals surface area (Å²) in [6.45, 7) is 0. The molecule has 2 aromatic carbocycles. The van der Waals surface area contributed by atoms with Crippen LogP contribution in [0.4, 0.5) is 8.78 Å². The van der Waals surface area contributed by atoms with E-state index in [1.165, 1.54) is 0 Å². The highest BCUT2D eigenvalue weighted by molar-refractivity contribution is 5.86. The average Bonchev–Trinajstić information content (AvgIpc) is 2.61. The van der Waals surface area contributed by atoms with Gasteiger partial charge in [0.15, 0.2) is 0 Å². The van der Waals surface area contributed by atoms with Gasteiger partial charge in [-0.05, 0) is 17.5 Å². The molecule has 0 aliphatic carbocycles. The van der Waals surface area contributed by atoms with Gasteiger partial charge in [-0.15, -0.1) is 0 Å². The molecular formula is C19H21F2NO2. The van der Waals surface area contributed by atoms with Crippen molar-refractivity contribution >= 4 is 5.78 Å². The van der Waals surface area contributed by atoms with Gasteiger partial charge >= 0.3 is 5.92 Å². The van der Waals surface area contributed by atoms with Crippen molar-refractivity contribution in [3.63, 3.8) is 0 Å². The molecule has 2 atom stereocenters. The van der Waals surface area contributed by atoms with Gasteiger partial charge in [0.25, 0.3) is 0 Å². The molecule has 24 heavy (non-hydrogen) atoms. The molecule has 2 unspecified atom stereocenters. The summed E-state index contributed by atoms with van der Waals surface area (Å²) in [7, 11) is 1.14. The lowest BCUT2D eigenvalue weighted by Crippen LogP contribution is -2.48. The van der Waals surface area contributed by atoms with E-state index in [2.05, 4.69) is 0 Å². The van der Waals surface area contributed by atoms with Crippen LogP contribution >= 0.6 is 0 Å². The minimum atomic E-state index is -3.65. The number of aryl methyl sites for hydroxylation is 1. The number of methoxy groups -OCH3 is 1. The van der Waals surface area contributed by atoms with Gasteiger partial charge in [0.2, 0.25) is 5.78 Å². The number of alkyl halides is 2. The molecule has 5 heteroatoms. The van der Waals surface area contributed by atoms with Gasteiger partial charge in [0.1, 0.15) is 6.10 Å². The standard InChI is InChI=1S/C19H21F2NO2/c1-24-18(17(22)15-10-6-3-7-11-15)19(20,21)16(23)13-12-14-8-4-2-5-9-14/h2-11,17-18H,12-13,22H2,1H3. The summed E-state index contributed by atoms with van der Waals surface area (Å²) in [5, 5.41) is 0. The number of nitrogens with two attached hydrogens (primary N) is 1. The van der Waals surface area contributed by atoms with Crippen LogP contribution in [0.2, 0.25) is 0 Å². The van der Waals surface area contributed by atoms with Crippen molar-refractivity contribution in [2.24, 2.45) is 5.73 Å². The van der Waals surface area contributed by atoms with Crippen LogP contribution in [0.5, 0.6) is 0 Å². The zero-order valence-corrected chi connectivity index (χ0v) is 13.5. The number of carbonyl (C=O) groups is 1. The lowest BCUT2D eigenvalue weighted by atomic mass is 9.93. The summed E-state index contributed by atoms with van der Waals surface area (Å²) in [5.41, 5.74) is 7.26. The number of hydrogen-bond donors (Lipinski definition) is 1. The molecule has 2 aromatic rings. The molecular weight excluding hydrogens is 312 g/mol. The van der Waals surface area contributed by atoms with Crippen molar-refractivity contribution in [1.82, 2.24) is 0 Å². The molecule has 0 saturated heterocycles. The predicted molar refractivity (Wildman–Crippen MR) is 88.9 cm³/mol. The maximum absolute atomic E-state index is 14.6. The molecule has 0 heterocycles. The molecule has 0 fully saturated rings. The fourth-order valence-electron chi connectivity index (χ4n) is 2.60. The van der Waals surface area contributed by atoms with Gasteiger partial charge in [-0.1, -0.05) is 60.7 Å². The zero-order chi connectivity index (χ0) is 17.6. The number of Topliss-reactive ketones (excluding diaryl/α,β-unsaturated/α-hetero) is 1. The summed E-state index contributed by atoms with van der Waals surface area (Å²) >= 11 is 0.